The zero-order valence-electron chi connectivity index (χ0n) is 26.1. The van der Waals surface area contributed by atoms with E-state index in [1.54, 1.807) is 0 Å². The zero-order chi connectivity index (χ0) is 32.6. The predicted molar refractivity (Wildman–Crippen MR) is 197 cm³/mol. The molecule has 0 amide bonds. The summed E-state index contributed by atoms with van der Waals surface area (Å²) < 4.78 is 10.8. The second-order valence-corrected chi connectivity index (χ2v) is 12.3. The lowest BCUT2D eigenvalue weighted by Crippen LogP contribution is -2.05. The number of nitrogens with zero attached hydrogens (tertiary/aromatic N) is 4. The average Bonchev–Trinajstić information content (AvgIpc) is 3.82. The summed E-state index contributed by atoms with van der Waals surface area (Å²) in [5.74, 6) is 0. The number of nitriles is 2. The molecule has 5 heteroatoms. The fourth-order valence-electron chi connectivity index (χ4n) is 7.79. The molecule has 0 N–H and O–H groups in total. The number of benzene rings is 7. The van der Waals surface area contributed by atoms with Crippen molar-refractivity contribution in [2.75, 3.05) is 0 Å². The van der Waals surface area contributed by atoms with Gasteiger partial charge in [-0.15, -0.1) is 0 Å². The van der Waals surface area contributed by atoms with Gasteiger partial charge >= 0.3 is 0 Å². The SMILES string of the molecule is N#Cc1cc(-n2c3ccccc3c3cccc(-c4cccc5c4oc4ccccc45)c32)cc(C#N)c1-n1c2ccccc2c2ccccc21. The average molecular weight is 625 g/mol. The minimum atomic E-state index is 0.420. The smallest absolute Gasteiger partial charge is 0.143 e. The van der Waals surface area contributed by atoms with E-state index < -0.39 is 0 Å². The van der Waals surface area contributed by atoms with E-state index in [2.05, 4.69) is 88.0 Å². The number of hydrogen-bond donors (Lipinski definition) is 0. The van der Waals surface area contributed by atoms with Crippen LogP contribution < -0.4 is 0 Å². The lowest BCUT2D eigenvalue weighted by Gasteiger charge is -2.16. The van der Waals surface area contributed by atoms with Crippen LogP contribution in [-0.4, -0.2) is 9.13 Å². The minimum absolute atomic E-state index is 0.420. The molecule has 3 aromatic heterocycles. The van der Waals surface area contributed by atoms with E-state index >= 15 is 0 Å². The molecule has 7 aromatic carbocycles. The van der Waals surface area contributed by atoms with E-state index in [0.29, 0.717) is 16.8 Å². The number of hydrogen-bond acceptors (Lipinski definition) is 3. The molecule has 0 spiro atoms. The molecule has 0 saturated heterocycles. The van der Waals surface area contributed by atoms with Crippen molar-refractivity contribution >= 4 is 65.6 Å². The summed E-state index contributed by atoms with van der Waals surface area (Å²) in [6.45, 7) is 0. The van der Waals surface area contributed by atoms with Gasteiger partial charge in [0.15, 0.2) is 0 Å². The van der Waals surface area contributed by atoms with Crippen LogP contribution in [0.5, 0.6) is 0 Å². The first kappa shape index (κ1) is 27.1. The van der Waals surface area contributed by atoms with Crippen molar-refractivity contribution in [3.05, 3.63) is 157 Å². The number of furan rings is 1. The molecule has 0 atom stereocenters. The Morgan fingerprint density at radius 1 is 0.449 bits per heavy atom. The Hall–Kier alpha value is -7.08. The van der Waals surface area contributed by atoms with Crippen molar-refractivity contribution in [2.24, 2.45) is 0 Å². The molecule has 0 aliphatic rings. The highest BCUT2D eigenvalue weighted by molar-refractivity contribution is 6.17. The van der Waals surface area contributed by atoms with E-state index in [4.69, 9.17) is 4.42 Å². The van der Waals surface area contributed by atoms with Crippen LogP contribution >= 0.6 is 0 Å². The highest BCUT2D eigenvalue weighted by Gasteiger charge is 2.23. The molecule has 3 heterocycles. The molecule has 10 rings (SSSR count). The lowest BCUT2D eigenvalue weighted by molar-refractivity contribution is 0.670. The Morgan fingerprint density at radius 3 is 1.57 bits per heavy atom. The monoisotopic (exact) mass is 624 g/mol. The largest absolute Gasteiger partial charge is 0.455 e. The first-order chi connectivity index (χ1) is 24.2. The number of aromatic nitrogens is 2. The highest BCUT2D eigenvalue weighted by atomic mass is 16.3. The third kappa shape index (κ3) is 3.73. The first-order valence-electron chi connectivity index (χ1n) is 16.1. The fraction of sp³-hybridized carbons (Fsp3) is 0. The minimum Gasteiger partial charge on any atom is -0.455 e. The first-order valence-corrected chi connectivity index (χ1v) is 16.1. The molecule has 0 aliphatic heterocycles. The fourth-order valence-corrected chi connectivity index (χ4v) is 7.79. The summed E-state index contributed by atoms with van der Waals surface area (Å²) in [5.41, 5.74) is 9.67. The summed E-state index contributed by atoms with van der Waals surface area (Å²) in [4.78, 5) is 0. The summed E-state index contributed by atoms with van der Waals surface area (Å²) >= 11 is 0. The van der Waals surface area contributed by atoms with Gasteiger partial charge in [-0.05, 0) is 36.4 Å². The van der Waals surface area contributed by atoms with Crippen molar-refractivity contribution in [1.29, 1.82) is 10.5 Å². The maximum absolute atomic E-state index is 10.8. The highest BCUT2D eigenvalue weighted by Crippen LogP contribution is 2.43. The molecular weight excluding hydrogens is 601 g/mol. The van der Waals surface area contributed by atoms with Crippen molar-refractivity contribution in [3.8, 4) is 34.6 Å². The Labute approximate surface area is 280 Å². The van der Waals surface area contributed by atoms with Crippen LogP contribution in [-0.2, 0) is 0 Å². The summed E-state index contributed by atoms with van der Waals surface area (Å²) in [6.07, 6.45) is 0. The summed E-state index contributed by atoms with van der Waals surface area (Å²) in [6, 6.07) is 54.1. The standard InChI is InChI=1S/C44H24N4O/c45-25-27-23-29(24-28(26-46)42(27)48-39-20-6-1-11-30(39)31-12-2-7-21-40(31)48)47-38-19-5-3-13-32(38)34-15-9-16-35(43(34)47)37-18-10-17-36-33-14-4-8-22-41(33)49-44(36)37/h1-24H. The van der Waals surface area contributed by atoms with Crippen LogP contribution in [0.4, 0.5) is 0 Å². The summed E-state index contributed by atoms with van der Waals surface area (Å²) in [7, 11) is 0. The molecule has 226 valence electrons. The van der Waals surface area contributed by atoms with Gasteiger partial charge in [-0.25, -0.2) is 0 Å². The molecule has 49 heavy (non-hydrogen) atoms. The van der Waals surface area contributed by atoms with Crippen LogP contribution in [0, 0.1) is 22.7 Å². The van der Waals surface area contributed by atoms with Gasteiger partial charge in [0, 0.05) is 49.1 Å². The Bertz CT molecular complexity index is 3000. The van der Waals surface area contributed by atoms with Crippen molar-refractivity contribution in [1.82, 2.24) is 9.13 Å². The molecule has 0 aliphatic carbocycles. The van der Waals surface area contributed by atoms with Gasteiger partial charge < -0.3 is 13.6 Å². The topological polar surface area (TPSA) is 70.6 Å². The third-order valence-corrected chi connectivity index (χ3v) is 9.79. The molecule has 0 radical (unpaired) electrons. The molecule has 0 saturated carbocycles. The van der Waals surface area contributed by atoms with Crippen LogP contribution in [0.3, 0.4) is 0 Å². The normalized spacial score (nSPS) is 11.6. The number of fused-ring (bicyclic) bond motifs is 9. The maximum Gasteiger partial charge on any atom is 0.143 e. The molecular formula is C44H24N4O. The van der Waals surface area contributed by atoms with Gasteiger partial charge in [0.25, 0.3) is 0 Å². The van der Waals surface area contributed by atoms with Crippen LogP contribution in [0.2, 0.25) is 0 Å². The van der Waals surface area contributed by atoms with Crippen LogP contribution in [0.15, 0.2) is 150 Å². The quantitative estimate of drug-likeness (QED) is 0.196. The van der Waals surface area contributed by atoms with Gasteiger partial charge in [0.1, 0.15) is 23.3 Å². The van der Waals surface area contributed by atoms with E-state index in [-0.39, 0.29) is 0 Å². The number of para-hydroxylation sites is 6. The molecule has 5 nitrogen and oxygen atoms in total. The van der Waals surface area contributed by atoms with Gasteiger partial charge in [-0.1, -0.05) is 109 Å². The second-order valence-electron chi connectivity index (χ2n) is 12.3. The van der Waals surface area contributed by atoms with Crippen LogP contribution in [0.1, 0.15) is 11.1 Å². The number of rotatable bonds is 3. The van der Waals surface area contributed by atoms with Gasteiger partial charge in [0.05, 0.1) is 38.9 Å². The van der Waals surface area contributed by atoms with Crippen molar-refractivity contribution in [2.45, 2.75) is 0 Å². The van der Waals surface area contributed by atoms with Crippen LogP contribution in [0.25, 0.3) is 88.1 Å². The van der Waals surface area contributed by atoms with E-state index in [1.807, 2.05) is 78.9 Å². The Kier molecular flexibility index (Phi) is 5.64. The van der Waals surface area contributed by atoms with E-state index in [1.165, 1.54) is 0 Å². The molecule has 0 bridgehead atoms. The lowest BCUT2D eigenvalue weighted by atomic mass is 9.99. The van der Waals surface area contributed by atoms with Crippen molar-refractivity contribution in [3.63, 3.8) is 0 Å². The molecule has 0 fully saturated rings. The van der Waals surface area contributed by atoms with Crippen molar-refractivity contribution < 1.29 is 4.42 Å². The Morgan fingerprint density at radius 2 is 0.939 bits per heavy atom. The van der Waals surface area contributed by atoms with E-state index in [9.17, 15) is 10.5 Å². The van der Waals surface area contributed by atoms with Gasteiger partial charge in [-0.3, -0.25) is 0 Å². The van der Waals surface area contributed by atoms with Gasteiger partial charge in [-0.2, -0.15) is 10.5 Å². The maximum atomic E-state index is 10.8. The zero-order valence-corrected chi connectivity index (χ0v) is 26.1. The summed E-state index contributed by atoms with van der Waals surface area (Å²) in [5, 5.41) is 27.9. The van der Waals surface area contributed by atoms with E-state index in [0.717, 1.165) is 82.4 Å². The Balaban J connectivity index is 1.31. The predicted octanol–water partition coefficient (Wildman–Crippen LogP) is 11.2. The molecule has 0 unspecified atom stereocenters. The second kappa shape index (κ2) is 10.2. The third-order valence-electron chi connectivity index (χ3n) is 9.79. The molecule has 10 aromatic rings. The van der Waals surface area contributed by atoms with Gasteiger partial charge in [0.2, 0.25) is 0 Å².